The Bertz CT molecular complexity index is 1180. The van der Waals surface area contributed by atoms with Crippen LogP contribution in [0.1, 0.15) is 25.7 Å². The van der Waals surface area contributed by atoms with E-state index in [4.69, 9.17) is 33.2 Å². The largest absolute Gasteiger partial charge is 0.465 e. The Labute approximate surface area is 276 Å². The summed E-state index contributed by atoms with van der Waals surface area (Å²) in [6.07, 6.45) is -9.08. The Hall–Kier alpha value is -1.64. The number of nitrogens with zero attached hydrogens (tertiary/aromatic N) is 1. The highest BCUT2D eigenvalue weighted by Crippen LogP contribution is 2.58. The topological polar surface area (TPSA) is 203 Å². The smallest absolute Gasteiger partial charge is 0.379 e. The van der Waals surface area contributed by atoms with Gasteiger partial charge in [0.05, 0.1) is 43.5 Å². The number of fused-ring (bicyclic) bond motifs is 3. The fourth-order valence-corrected chi connectivity index (χ4v) is 9.90. The first kappa shape index (κ1) is 36.2. The van der Waals surface area contributed by atoms with Gasteiger partial charge in [-0.05, 0) is 49.4 Å². The van der Waals surface area contributed by atoms with Crippen LogP contribution in [-0.4, -0.2) is 163 Å². The lowest BCUT2D eigenvalue weighted by Gasteiger charge is -2.57. The van der Waals surface area contributed by atoms with Gasteiger partial charge in [0.25, 0.3) is 11.7 Å². The van der Waals surface area contributed by atoms with Gasteiger partial charge in [-0.25, -0.2) is 0 Å². The van der Waals surface area contributed by atoms with Crippen LogP contribution in [0.5, 0.6) is 0 Å². The van der Waals surface area contributed by atoms with E-state index < -0.39 is 78.4 Å². The van der Waals surface area contributed by atoms with Crippen molar-refractivity contribution in [3.05, 3.63) is 0 Å². The highest BCUT2D eigenvalue weighted by Gasteiger charge is 2.71. The first-order valence-corrected chi connectivity index (χ1v) is 16.4. The van der Waals surface area contributed by atoms with Gasteiger partial charge in [-0.15, -0.1) is 0 Å². The van der Waals surface area contributed by atoms with E-state index in [-0.39, 0.29) is 61.7 Å². The predicted molar refractivity (Wildman–Crippen MR) is 154 cm³/mol. The number of alkyl halides is 2. The summed E-state index contributed by atoms with van der Waals surface area (Å²) < 4.78 is 72.0. The number of aliphatic hydroxyl groups is 5. The van der Waals surface area contributed by atoms with Gasteiger partial charge in [-0.3, -0.25) is 9.59 Å². The molecule has 0 spiro atoms. The van der Waals surface area contributed by atoms with Crippen molar-refractivity contribution in [2.75, 3.05) is 48.4 Å². The van der Waals surface area contributed by atoms with Crippen molar-refractivity contribution in [3.63, 3.8) is 0 Å². The number of aliphatic hydroxyl groups excluding tert-OH is 4. The van der Waals surface area contributed by atoms with Gasteiger partial charge in [0.2, 0.25) is 0 Å². The van der Waals surface area contributed by atoms with Gasteiger partial charge in [0, 0.05) is 40.3 Å². The molecule has 274 valence electrons. The highest BCUT2D eigenvalue weighted by molar-refractivity contribution is 5.85. The van der Waals surface area contributed by atoms with Crippen molar-refractivity contribution < 1.29 is 77.1 Å². The third-order valence-corrected chi connectivity index (χ3v) is 12.2. The summed E-state index contributed by atoms with van der Waals surface area (Å²) in [5, 5.41) is 51.4. The third kappa shape index (κ3) is 5.48. The van der Waals surface area contributed by atoms with Crippen molar-refractivity contribution in [3.8, 4) is 0 Å². The van der Waals surface area contributed by atoms with Gasteiger partial charge in [0.15, 0.2) is 0 Å². The number of ether oxygens (including phenoxy) is 7. The first-order valence-electron chi connectivity index (χ1n) is 16.4. The fourth-order valence-electron chi connectivity index (χ4n) is 9.90. The molecule has 0 radical (unpaired) electrons. The fraction of sp³-hybridized carbons (Fsp3) is 0.935. The number of methoxy groups -OCH3 is 3. The number of esters is 1. The molecule has 7 unspecified atom stereocenters. The molecule has 17 heteroatoms. The molecule has 3 aliphatic heterocycles. The Morgan fingerprint density at radius 2 is 1.56 bits per heavy atom. The zero-order valence-corrected chi connectivity index (χ0v) is 27.3. The monoisotopic (exact) mass is 695 g/mol. The molecule has 6 rings (SSSR count). The van der Waals surface area contributed by atoms with Crippen LogP contribution in [0.4, 0.5) is 8.78 Å². The maximum Gasteiger partial charge on any atom is 0.379 e. The summed E-state index contributed by atoms with van der Waals surface area (Å²) in [7, 11) is 5.88. The number of halogens is 2. The molecular formula is C31H47F2NO14. The summed E-state index contributed by atoms with van der Waals surface area (Å²) in [5.41, 5.74) is 0. The van der Waals surface area contributed by atoms with Crippen LogP contribution in [-0.2, 0) is 42.7 Å². The number of hydrogen-bond acceptors (Lipinski definition) is 14. The second kappa shape index (κ2) is 13.5. The van der Waals surface area contributed by atoms with Crippen LogP contribution in [0.15, 0.2) is 0 Å². The molecule has 0 aromatic heterocycles. The number of cyclic esters (lactones) is 1. The molecule has 3 aliphatic carbocycles. The van der Waals surface area contributed by atoms with Gasteiger partial charge >= 0.3 is 11.9 Å². The van der Waals surface area contributed by atoms with Crippen LogP contribution in [0.3, 0.4) is 0 Å². The molecule has 15 atom stereocenters. The minimum Gasteiger partial charge on any atom is -0.465 e. The van der Waals surface area contributed by atoms with Crippen molar-refractivity contribution >= 4 is 11.9 Å². The molecule has 15 nitrogen and oxygen atoms in total. The maximum absolute atomic E-state index is 16.2. The van der Waals surface area contributed by atoms with Gasteiger partial charge in [0.1, 0.15) is 37.3 Å². The molecule has 3 heterocycles. The molecule has 48 heavy (non-hydrogen) atoms. The molecule has 0 aromatic rings. The maximum atomic E-state index is 16.2. The normalized spacial score (nSPS) is 49.1. The van der Waals surface area contributed by atoms with Crippen LogP contribution >= 0.6 is 0 Å². The molecule has 3 saturated carbocycles. The quantitative estimate of drug-likeness (QED) is 0.179. The Morgan fingerprint density at radius 1 is 0.958 bits per heavy atom. The zero-order valence-electron chi connectivity index (χ0n) is 27.3. The third-order valence-electron chi connectivity index (χ3n) is 12.2. The summed E-state index contributed by atoms with van der Waals surface area (Å²) in [5.74, 6) is -14.1. The molecule has 6 aliphatic rings. The number of carbonyl (C=O) groups is 2. The summed E-state index contributed by atoms with van der Waals surface area (Å²) >= 11 is 0. The van der Waals surface area contributed by atoms with Crippen molar-refractivity contribution in [1.82, 2.24) is 4.90 Å². The Kier molecular flexibility index (Phi) is 10.2. The lowest BCUT2D eigenvalue weighted by molar-refractivity contribution is -0.402. The van der Waals surface area contributed by atoms with E-state index in [0.29, 0.717) is 25.7 Å². The van der Waals surface area contributed by atoms with Crippen molar-refractivity contribution in [1.29, 1.82) is 0 Å². The lowest BCUT2D eigenvalue weighted by atomic mass is 9.51. The minimum absolute atomic E-state index is 0.0464. The molecule has 3 saturated heterocycles. The second-order valence-electron chi connectivity index (χ2n) is 14.1. The van der Waals surface area contributed by atoms with E-state index in [1.54, 1.807) is 21.3 Å². The average Bonchev–Trinajstić information content (AvgIpc) is 3.71. The Balaban J connectivity index is 1.36. The lowest BCUT2D eigenvalue weighted by Crippen LogP contribution is -2.74. The summed E-state index contributed by atoms with van der Waals surface area (Å²) in [4.78, 5) is 28.3. The van der Waals surface area contributed by atoms with Crippen molar-refractivity contribution in [2.24, 2.45) is 35.5 Å². The molecule has 5 N–H and O–H groups in total. The van der Waals surface area contributed by atoms with Crippen LogP contribution in [0.25, 0.3) is 0 Å². The van der Waals surface area contributed by atoms with E-state index >= 15 is 8.78 Å². The molecular weight excluding hydrogens is 648 g/mol. The summed E-state index contributed by atoms with van der Waals surface area (Å²) in [6, 6.07) is -1.01. The molecule has 6 fully saturated rings. The Morgan fingerprint density at radius 3 is 2.12 bits per heavy atom. The minimum atomic E-state index is -4.89. The molecule has 0 aromatic carbocycles. The molecule has 1 amide bonds. The van der Waals surface area contributed by atoms with Crippen molar-refractivity contribution in [2.45, 2.75) is 98.4 Å². The predicted octanol–water partition coefficient (Wildman–Crippen LogP) is -1.75. The van der Waals surface area contributed by atoms with E-state index in [2.05, 4.69) is 0 Å². The number of amides is 1. The van der Waals surface area contributed by atoms with Crippen LogP contribution in [0.2, 0.25) is 0 Å². The highest BCUT2D eigenvalue weighted by atomic mass is 19.3. The number of carbonyl (C=O) groups excluding carboxylic acids is 2. The summed E-state index contributed by atoms with van der Waals surface area (Å²) in [6.45, 7) is -1.20. The van der Waals surface area contributed by atoms with E-state index in [1.807, 2.05) is 0 Å². The SMILES string of the molecule is COC1CC([C@@H]2C3CC4OCOC4CC3[C@@H](N(C)C(=O)C(F)(F)[C@]3(O)O[C@H](CO)[C@@H](O)[C@H](O)[C@H]3O)C3COC(=O)[C@@H]32)CC(OC)C1OC. The van der Waals surface area contributed by atoms with E-state index in [0.717, 1.165) is 11.9 Å². The molecule has 0 bridgehead atoms. The second-order valence-corrected chi connectivity index (χ2v) is 14.1. The number of rotatable bonds is 8. The van der Waals surface area contributed by atoms with Gasteiger partial charge in [-0.1, -0.05) is 0 Å². The standard InChI is InChI=1S/C31H47F2NO14/c1-34(29(40)30(32,33)31(41)27(38)25(37)24(36)20(9-35)48-31)23-14-8-17-16(46-11-47-17)7-13(14)21(22-15(23)10-45-28(22)39)12-5-18(42-2)26(44-4)19(6-12)43-3/h12-27,35-38,41H,5-11H2,1-4H3/t12?,13?,14?,15?,16?,17?,18?,19?,20-,21-,22+,23-,24-,25+,26?,27-,31-/m1/s1. The van der Waals surface area contributed by atoms with Gasteiger partial charge in [-0.2, -0.15) is 8.78 Å². The van der Waals surface area contributed by atoms with E-state index in [9.17, 15) is 35.1 Å². The first-order chi connectivity index (χ1) is 22.7. The van der Waals surface area contributed by atoms with E-state index in [1.165, 1.54) is 0 Å². The number of hydrogen-bond donors (Lipinski definition) is 5. The van der Waals surface area contributed by atoms with Crippen LogP contribution < -0.4 is 0 Å². The van der Waals surface area contributed by atoms with Gasteiger partial charge < -0.3 is 63.6 Å². The zero-order chi connectivity index (χ0) is 34.9. The van der Waals surface area contributed by atoms with Crippen LogP contribution in [0, 0.1) is 35.5 Å². The average molecular weight is 696 g/mol.